The van der Waals surface area contributed by atoms with Crippen LogP contribution in [-0.2, 0) is 19.9 Å². The molecule has 0 saturated carbocycles. The fraction of sp³-hybridized carbons (Fsp3) is 0.318. The quantitative estimate of drug-likeness (QED) is 0.688. The summed E-state index contributed by atoms with van der Waals surface area (Å²) in [5.74, 6) is -2.32. The van der Waals surface area contributed by atoms with Crippen molar-refractivity contribution in [1.82, 2.24) is 4.90 Å². The molecule has 4 aliphatic rings. The summed E-state index contributed by atoms with van der Waals surface area (Å²) in [6.07, 6.45) is 1.65. The second-order valence-corrected chi connectivity index (χ2v) is 9.12. The topological polar surface area (TPSA) is 69.7 Å². The Kier molecular flexibility index (Phi) is 3.71. The zero-order chi connectivity index (χ0) is 20.8. The van der Waals surface area contributed by atoms with Gasteiger partial charge in [-0.15, -0.1) is 0 Å². The highest BCUT2D eigenvalue weighted by Crippen LogP contribution is 2.60. The predicted octanol–water partition coefficient (Wildman–Crippen LogP) is 3.42. The van der Waals surface area contributed by atoms with Crippen molar-refractivity contribution in [3.8, 4) is 0 Å². The molecular formula is C22H17Cl2N3O3. The Balaban J connectivity index is 1.57. The van der Waals surface area contributed by atoms with Crippen molar-refractivity contribution in [1.29, 1.82) is 0 Å². The normalized spacial score (nSPS) is 32.0. The van der Waals surface area contributed by atoms with E-state index in [-0.39, 0.29) is 28.6 Å². The number of fused-ring (bicyclic) bond motifs is 7. The zero-order valence-corrected chi connectivity index (χ0v) is 17.3. The summed E-state index contributed by atoms with van der Waals surface area (Å²) in [4.78, 5) is 44.1. The van der Waals surface area contributed by atoms with Crippen LogP contribution in [0.1, 0.15) is 18.4 Å². The lowest BCUT2D eigenvalue weighted by molar-refractivity contribution is -0.135. The van der Waals surface area contributed by atoms with Crippen LogP contribution < -0.4 is 10.2 Å². The van der Waals surface area contributed by atoms with E-state index in [9.17, 15) is 14.4 Å². The van der Waals surface area contributed by atoms with Crippen molar-refractivity contribution >= 4 is 52.3 Å². The van der Waals surface area contributed by atoms with E-state index in [0.717, 1.165) is 23.3 Å². The molecule has 4 heterocycles. The molecule has 4 atom stereocenters. The van der Waals surface area contributed by atoms with Gasteiger partial charge in [-0.3, -0.25) is 19.3 Å². The van der Waals surface area contributed by atoms with Crippen molar-refractivity contribution in [2.24, 2.45) is 11.8 Å². The molecule has 0 unspecified atom stereocenters. The summed E-state index contributed by atoms with van der Waals surface area (Å²) < 4.78 is 0. The highest BCUT2D eigenvalue weighted by molar-refractivity contribution is 6.38. The summed E-state index contributed by atoms with van der Waals surface area (Å²) in [5.41, 5.74) is 0.581. The van der Waals surface area contributed by atoms with E-state index in [1.165, 1.54) is 6.07 Å². The molecule has 1 N–H and O–H groups in total. The van der Waals surface area contributed by atoms with Crippen LogP contribution in [0.2, 0.25) is 10.0 Å². The summed E-state index contributed by atoms with van der Waals surface area (Å²) >= 11 is 12.5. The molecule has 30 heavy (non-hydrogen) atoms. The first-order valence-corrected chi connectivity index (χ1v) is 10.7. The third kappa shape index (κ3) is 2.02. The van der Waals surface area contributed by atoms with Crippen LogP contribution in [0.3, 0.4) is 0 Å². The number of hydrogen-bond acceptors (Lipinski definition) is 4. The number of hydrogen-bond donors (Lipinski definition) is 1. The second-order valence-electron chi connectivity index (χ2n) is 8.28. The average Bonchev–Trinajstić information content (AvgIpc) is 3.42. The molecule has 3 fully saturated rings. The molecule has 2 aromatic rings. The van der Waals surface area contributed by atoms with Crippen LogP contribution in [0.25, 0.3) is 0 Å². The van der Waals surface area contributed by atoms with E-state index in [4.69, 9.17) is 23.2 Å². The van der Waals surface area contributed by atoms with Gasteiger partial charge >= 0.3 is 0 Å². The monoisotopic (exact) mass is 441 g/mol. The first-order chi connectivity index (χ1) is 14.5. The van der Waals surface area contributed by atoms with Gasteiger partial charge in [0.15, 0.2) is 0 Å². The van der Waals surface area contributed by atoms with Crippen molar-refractivity contribution in [3.05, 3.63) is 58.1 Å². The lowest BCUT2D eigenvalue weighted by Crippen LogP contribution is -2.54. The van der Waals surface area contributed by atoms with Gasteiger partial charge in [0.2, 0.25) is 17.7 Å². The molecule has 6 rings (SSSR count). The Bertz CT molecular complexity index is 1150. The van der Waals surface area contributed by atoms with Crippen LogP contribution in [0.5, 0.6) is 0 Å². The standard InChI is InChI=1S/C22H17Cl2N3O3/c23-11-7-8-13(24)16(10-11)27-19(28)17-15-6-3-9-26(15)22(18(17)20(27)29)12-4-1-2-5-14(12)25-21(22)30/h1-2,4-5,7-8,10,15,17-18H,3,6,9H2,(H,25,30)/t15-,17+,18-,22-/m0/s1. The molecule has 1 spiro atoms. The van der Waals surface area contributed by atoms with E-state index in [0.29, 0.717) is 17.3 Å². The van der Waals surface area contributed by atoms with Gasteiger partial charge in [-0.1, -0.05) is 41.4 Å². The molecular weight excluding hydrogens is 425 g/mol. The first-order valence-electron chi connectivity index (χ1n) is 9.97. The number of imide groups is 1. The highest BCUT2D eigenvalue weighted by Gasteiger charge is 2.74. The summed E-state index contributed by atoms with van der Waals surface area (Å²) in [6, 6.07) is 12.0. The van der Waals surface area contributed by atoms with Crippen LogP contribution in [-0.4, -0.2) is 35.2 Å². The lowest BCUT2D eigenvalue weighted by atomic mass is 9.75. The van der Waals surface area contributed by atoms with Gasteiger partial charge < -0.3 is 5.32 Å². The molecule has 0 radical (unpaired) electrons. The zero-order valence-electron chi connectivity index (χ0n) is 15.8. The average molecular weight is 442 g/mol. The Morgan fingerprint density at radius 2 is 1.83 bits per heavy atom. The van der Waals surface area contributed by atoms with Crippen LogP contribution in [0, 0.1) is 11.8 Å². The molecule has 8 heteroatoms. The van der Waals surface area contributed by atoms with Gasteiger partial charge in [-0.2, -0.15) is 0 Å². The number of carbonyl (C=O) groups is 3. The first kappa shape index (κ1) is 18.4. The Labute approximate surface area is 182 Å². The summed E-state index contributed by atoms with van der Waals surface area (Å²) in [6.45, 7) is 0.678. The highest BCUT2D eigenvalue weighted by atomic mass is 35.5. The Hall–Kier alpha value is -2.41. The molecule has 0 bridgehead atoms. The maximum absolute atomic E-state index is 13.8. The van der Waals surface area contributed by atoms with Gasteiger partial charge in [0.25, 0.3) is 0 Å². The maximum atomic E-state index is 13.8. The van der Waals surface area contributed by atoms with Gasteiger partial charge in [0.05, 0.1) is 22.5 Å². The number of rotatable bonds is 1. The number of benzene rings is 2. The van der Waals surface area contributed by atoms with Gasteiger partial charge in [-0.05, 0) is 43.7 Å². The number of carbonyl (C=O) groups excluding carboxylic acids is 3. The summed E-state index contributed by atoms with van der Waals surface area (Å²) in [5, 5.41) is 3.61. The second kappa shape index (κ2) is 6.06. The van der Waals surface area contributed by atoms with Crippen molar-refractivity contribution < 1.29 is 14.4 Å². The van der Waals surface area contributed by atoms with E-state index in [1.54, 1.807) is 12.1 Å². The fourth-order valence-corrected chi connectivity index (χ4v) is 6.42. The van der Waals surface area contributed by atoms with E-state index in [1.807, 2.05) is 24.3 Å². The Morgan fingerprint density at radius 1 is 1.03 bits per heavy atom. The minimum atomic E-state index is -1.17. The molecule has 4 aliphatic heterocycles. The third-order valence-electron chi connectivity index (χ3n) is 7.05. The van der Waals surface area contributed by atoms with Crippen molar-refractivity contribution in [2.45, 2.75) is 24.4 Å². The van der Waals surface area contributed by atoms with Crippen molar-refractivity contribution in [3.63, 3.8) is 0 Å². The van der Waals surface area contributed by atoms with E-state index >= 15 is 0 Å². The SMILES string of the molecule is O=C1[C@H]2[C@@H](C(=O)N1c1cc(Cl)ccc1Cl)[C@@]1(C(=O)Nc3ccccc31)N1CCC[C@@H]21. The molecule has 152 valence electrons. The van der Waals surface area contributed by atoms with Gasteiger partial charge in [0, 0.05) is 22.3 Å². The largest absolute Gasteiger partial charge is 0.324 e. The van der Waals surface area contributed by atoms with Crippen LogP contribution in [0.15, 0.2) is 42.5 Å². The third-order valence-corrected chi connectivity index (χ3v) is 7.60. The number of amides is 3. The molecule has 0 aromatic heterocycles. The number of para-hydroxylation sites is 1. The fourth-order valence-electron chi connectivity index (χ4n) is 6.05. The van der Waals surface area contributed by atoms with Crippen molar-refractivity contribution in [2.75, 3.05) is 16.8 Å². The molecule has 3 amide bonds. The maximum Gasteiger partial charge on any atom is 0.250 e. The number of halogens is 2. The van der Waals surface area contributed by atoms with Crippen LogP contribution >= 0.6 is 23.2 Å². The molecule has 3 saturated heterocycles. The Morgan fingerprint density at radius 3 is 2.67 bits per heavy atom. The van der Waals surface area contributed by atoms with E-state index < -0.39 is 23.3 Å². The summed E-state index contributed by atoms with van der Waals surface area (Å²) in [7, 11) is 0. The number of nitrogens with one attached hydrogen (secondary N) is 1. The minimum absolute atomic E-state index is 0.161. The molecule has 6 nitrogen and oxygen atoms in total. The van der Waals surface area contributed by atoms with Crippen LogP contribution in [0.4, 0.5) is 11.4 Å². The van der Waals surface area contributed by atoms with E-state index in [2.05, 4.69) is 10.2 Å². The predicted molar refractivity (Wildman–Crippen MR) is 112 cm³/mol. The number of anilines is 2. The molecule has 2 aromatic carbocycles. The van der Waals surface area contributed by atoms with Gasteiger partial charge in [0.1, 0.15) is 5.54 Å². The van der Waals surface area contributed by atoms with Gasteiger partial charge in [-0.25, -0.2) is 4.90 Å². The lowest BCUT2D eigenvalue weighted by Gasteiger charge is -2.36. The molecule has 0 aliphatic carbocycles. The smallest absolute Gasteiger partial charge is 0.250 e. The number of nitrogens with zero attached hydrogens (tertiary/aromatic N) is 2. The minimum Gasteiger partial charge on any atom is -0.324 e.